The van der Waals surface area contributed by atoms with Gasteiger partial charge in [0.05, 0.1) is 5.52 Å². The quantitative estimate of drug-likeness (QED) is 0.486. The zero-order chi connectivity index (χ0) is 13.8. The molecule has 0 aliphatic rings. The van der Waals surface area contributed by atoms with Crippen LogP contribution in [0, 0.1) is 0 Å². The normalized spacial score (nSPS) is 10.8. The lowest BCUT2D eigenvalue weighted by Crippen LogP contribution is -2.05. The number of hydrogen-bond acceptors (Lipinski definition) is 5. The van der Waals surface area contributed by atoms with E-state index in [1.54, 1.807) is 0 Å². The molecule has 0 radical (unpaired) electrons. The maximum atomic E-state index is 5.75. The third kappa shape index (κ3) is 2.85. The molecule has 6 nitrogen and oxygen atoms in total. The number of hydrogen-bond donors (Lipinski definition) is 3. The molecule has 0 unspecified atom stereocenters. The van der Waals surface area contributed by atoms with Crippen LogP contribution >= 0.6 is 0 Å². The van der Waals surface area contributed by atoms with Crippen LogP contribution < -0.4 is 11.1 Å². The van der Waals surface area contributed by atoms with Crippen LogP contribution in [0.2, 0.25) is 0 Å². The molecule has 0 spiro atoms. The van der Waals surface area contributed by atoms with Crippen molar-refractivity contribution in [2.45, 2.75) is 12.8 Å². The minimum Gasteiger partial charge on any atom is -0.399 e. The van der Waals surface area contributed by atoms with E-state index >= 15 is 0 Å². The molecule has 2 heterocycles. The summed E-state index contributed by atoms with van der Waals surface area (Å²) in [5.74, 6) is 1.79. The summed E-state index contributed by atoms with van der Waals surface area (Å²) >= 11 is 0. The van der Waals surface area contributed by atoms with Crippen LogP contribution in [-0.4, -0.2) is 26.7 Å². The summed E-state index contributed by atoms with van der Waals surface area (Å²) in [5, 5.41) is 11.0. The van der Waals surface area contributed by atoms with Crippen LogP contribution in [0.25, 0.3) is 10.9 Å². The number of H-pyrrole nitrogens is 1. The summed E-state index contributed by atoms with van der Waals surface area (Å²) in [6, 6.07) is 9.72. The lowest BCUT2D eigenvalue weighted by Gasteiger charge is -2.06. The Balaban J connectivity index is 1.58. The number of rotatable bonds is 5. The van der Waals surface area contributed by atoms with Gasteiger partial charge in [0.2, 0.25) is 0 Å². The number of nitrogens with zero attached hydrogens (tertiary/aromatic N) is 3. The van der Waals surface area contributed by atoms with Gasteiger partial charge in [-0.1, -0.05) is 0 Å². The van der Waals surface area contributed by atoms with E-state index in [4.69, 9.17) is 5.73 Å². The molecule has 4 N–H and O–H groups in total. The standard InChI is InChI=1S/C14H16N6/c15-11-4-5-12-10(8-11)3-6-13(19-12)16-7-1-2-14-17-9-18-20-14/h3-6,8-9H,1-2,7,15H2,(H,16,19)(H,17,18,20). The van der Waals surface area contributed by atoms with Gasteiger partial charge in [0.1, 0.15) is 18.0 Å². The largest absolute Gasteiger partial charge is 0.399 e. The number of benzene rings is 1. The van der Waals surface area contributed by atoms with E-state index in [9.17, 15) is 0 Å². The Labute approximate surface area is 116 Å². The van der Waals surface area contributed by atoms with Crippen LogP contribution in [0.5, 0.6) is 0 Å². The average molecular weight is 268 g/mol. The molecule has 0 bridgehead atoms. The molecule has 102 valence electrons. The Morgan fingerprint density at radius 1 is 1.20 bits per heavy atom. The molecule has 0 saturated heterocycles. The smallest absolute Gasteiger partial charge is 0.137 e. The predicted octanol–water partition coefficient (Wildman–Crippen LogP) is 1.98. The lowest BCUT2D eigenvalue weighted by atomic mass is 10.2. The van der Waals surface area contributed by atoms with E-state index < -0.39 is 0 Å². The van der Waals surface area contributed by atoms with Gasteiger partial charge < -0.3 is 11.1 Å². The highest BCUT2D eigenvalue weighted by Crippen LogP contribution is 2.17. The molecule has 0 amide bonds. The van der Waals surface area contributed by atoms with Crippen molar-refractivity contribution in [1.82, 2.24) is 20.2 Å². The van der Waals surface area contributed by atoms with E-state index in [1.807, 2.05) is 30.3 Å². The molecular formula is C14H16N6. The number of aryl methyl sites for hydroxylation is 1. The first kappa shape index (κ1) is 12.4. The van der Waals surface area contributed by atoms with Crippen LogP contribution in [0.1, 0.15) is 12.2 Å². The van der Waals surface area contributed by atoms with Gasteiger partial charge in [0.25, 0.3) is 0 Å². The van der Waals surface area contributed by atoms with Crippen LogP contribution in [0.3, 0.4) is 0 Å². The first-order chi connectivity index (χ1) is 9.81. The van der Waals surface area contributed by atoms with Crippen molar-refractivity contribution >= 4 is 22.4 Å². The average Bonchev–Trinajstić information content (AvgIpc) is 2.97. The topological polar surface area (TPSA) is 92.5 Å². The fourth-order valence-electron chi connectivity index (χ4n) is 2.07. The number of nitrogens with one attached hydrogen (secondary N) is 2. The van der Waals surface area contributed by atoms with E-state index in [1.165, 1.54) is 6.33 Å². The van der Waals surface area contributed by atoms with Gasteiger partial charge in [0.15, 0.2) is 0 Å². The van der Waals surface area contributed by atoms with E-state index in [0.29, 0.717) is 0 Å². The highest BCUT2D eigenvalue weighted by atomic mass is 15.2. The van der Waals surface area contributed by atoms with Gasteiger partial charge in [-0.25, -0.2) is 9.97 Å². The van der Waals surface area contributed by atoms with Gasteiger partial charge in [-0.15, -0.1) is 0 Å². The Morgan fingerprint density at radius 3 is 3.00 bits per heavy atom. The first-order valence-corrected chi connectivity index (χ1v) is 6.56. The molecule has 0 aliphatic carbocycles. The number of pyridine rings is 1. The predicted molar refractivity (Wildman–Crippen MR) is 79.3 cm³/mol. The molecule has 0 atom stereocenters. The Morgan fingerprint density at radius 2 is 2.15 bits per heavy atom. The molecule has 3 rings (SSSR count). The highest BCUT2D eigenvalue weighted by Gasteiger charge is 1.99. The van der Waals surface area contributed by atoms with Gasteiger partial charge >= 0.3 is 0 Å². The Hall–Kier alpha value is -2.63. The number of aromatic amines is 1. The molecule has 20 heavy (non-hydrogen) atoms. The summed E-state index contributed by atoms with van der Waals surface area (Å²) in [4.78, 5) is 8.64. The van der Waals surface area contributed by atoms with Crippen molar-refractivity contribution < 1.29 is 0 Å². The zero-order valence-electron chi connectivity index (χ0n) is 11.0. The molecule has 0 saturated carbocycles. The molecule has 3 aromatic rings. The van der Waals surface area contributed by atoms with Gasteiger partial charge in [-0.2, -0.15) is 5.10 Å². The van der Waals surface area contributed by atoms with E-state index in [2.05, 4.69) is 25.5 Å². The summed E-state index contributed by atoms with van der Waals surface area (Å²) in [5.41, 5.74) is 7.45. The van der Waals surface area contributed by atoms with Crippen LogP contribution in [0.4, 0.5) is 11.5 Å². The highest BCUT2D eigenvalue weighted by molar-refractivity contribution is 5.83. The van der Waals surface area contributed by atoms with Crippen LogP contribution in [-0.2, 0) is 6.42 Å². The lowest BCUT2D eigenvalue weighted by molar-refractivity contribution is 0.804. The van der Waals surface area contributed by atoms with Crippen molar-refractivity contribution in [2.75, 3.05) is 17.6 Å². The van der Waals surface area contributed by atoms with Crippen molar-refractivity contribution in [3.63, 3.8) is 0 Å². The fraction of sp³-hybridized carbons (Fsp3) is 0.214. The second kappa shape index (κ2) is 5.56. The van der Waals surface area contributed by atoms with Crippen LogP contribution in [0.15, 0.2) is 36.7 Å². The van der Waals surface area contributed by atoms with Crippen molar-refractivity contribution in [1.29, 1.82) is 0 Å². The number of fused-ring (bicyclic) bond motifs is 1. The molecule has 2 aromatic heterocycles. The van der Waals surface area contributed by atoms with Crippen molar-refractivity contribution in [2.24, 2.45) is 0 Å². The van der Waals surface area contributed by atoms with Gasteiger partial charge in [0, 0.05) is 24.0 Å². The van der Waals surface area contributed by atoms with Crippen molar-refractivity contribution in [3.05, 3.63) is 42.5 Å². The second-order valence-electron chi connectivity index (χ2n) is 4.61. The SMILES string of the molecule is Nc1ccc2nc(NCCCc3ncn[nH]3)ccc2c1. The number of anilines is 2. The minimum absolute atomic E-state index is 0.757. The molecule has 0 aliphatic heterocycles. The number of aromatic nitrogens is 4. The maximum absolute atomic E-state index is 5.75. The summed E-state index contributed by atoms with van der Waals surface area (Å²) < 4.78 is 0. The monoisotopic (exact) mass is 268 g/mol. The maximum Gasteiger partial charge on any atom is 0.137 e. The minimum atomic E-state index is 0.757. The summed E-state index contributed by atoms with van der Waals surface area (Å²) in [7, 11) is 0. The fourth-order valence-corrected chi connectivity index (χ4v) is 2.07. The van der Waals surface area contributed by atoms with E-state index in [0.717, 1.165) is 47.6 Å². The molecule has 0 fully saturated rings. The number of nitrogen functional groups attached to an aromatic ring is 1. The summed E-state index contributed by atoms with van der Waals surface area (Å²) in [6.07, 6.45) is 3.37. The third-order valence-electron chi connectivity index (χ3n) is 3.07. The van der Waals surface area contributed by atoms with Gasteiger partial charge in [-0.05, 0) is 36.8 Å². The van der Waals surface area contributed by atoms with E-state index in [-0.39, 0.29) is 0 Å². The third-order valence-corrected chi connectivity index (χ3v) is 3.07. The Bertz CT molecular complexity index is 692. The molecular weight excluding hydrogens is 252 g/mol. The van der Waals surface area contributed by atoms with Gasteiger partial charge in [-0.3, -0.25) is 5.10 Å². The molecule has 6 heteroatoms. The summed E-state index contributed by atoms with van der Waals surface area (Å²) in [6.45, 7) is 0.841. The second-order valence-corrected chi connectivity index (χ2v) is 4.61. The Kier molecular flexibility index (Phi) is 3.45. The zero-order valence-corrected chi connectivity index (χ0v) is 11.0. The number of nitrogens with two attached hydrogens (primary N) is 1. The molecule has 1 aromatic carbocycles. The first-order valence-electron chi connectivity index (χ1n) is 6.56. The van der Waals surface area contributed by atoms with Crippen molar-refractivity contribution in [3.8, 4) is 0 Å².